The number of hydrogen-bond donors (Lipinski definition) is 3. The molecule has 0 saturated carbocycles. The molecule has 0 aliphatic rings. The van der Waals surface area contributed by atoms with Crippen molar-refractivity contribution in [2.75, 3.05) is 13.7 Å². The molecule has 3 aromatic rings. The third-order valence-corrected chi connectivity index (χ3v) is 4.26. The second-order valence-corrected chi connectivity index (χ2v) is 5.98. The monoisotopic (exact) mass is 369 g/mol. The molecular weight excluding hydrogens is 350 g/mol. The van der Waals surface area contributed by atoms with Crippen molar-refractivity contribution in [3.8, 4) is 22.8 Å². The van der Waals surface area contributed by atoms with Crippen molar-refractivity contribution in [2.24, 2.45) is 7.05 Å². The van der Waals surface area contributed by atoms with Crippen LogP contribution in [0.2, 0.25) is 0 Å². The van der Waals surface area contributed by atoms with Crippen LogP contribution in [0.3, 0.4) is 0 Å². The number of methoxy groups -OCH3 is 1. The highest BCUT2D eigenvalue weighted by Crippen LogP contribution is 2.28. The van der Waals surface area contributed by atoms with Gasteiger partial charge in [0.15, 0.2) is 0 Å². The minimum Gasteiger partial charge on any atom is -0.507 e. The molecular formula is C19H19N3O5. The average molecular weight is 369 g/mol. The van der Waals surface area contributed by atoms with E-state index in [1.807, 2.05) is 24.3 Å². The van der Waals surface area contributed by atoms with Crippen LogP contribution in [0.5, 0.6) is 11.5 Å². The van der Waals surface area contributed by atoms with E-state index in [0.717, 1.165) is 11.3 Å². The summed E-state index contributed by atoms with van der Waals surface area (Å²) in [5.74, 6) is -0.513. The van der Waals surface area contributed by atoms with Crippen molar-refractivity contribution in [1.82, 2.24) is 14.9 Å². The number of fused-ring (bicyclic) bond motifs is 1. The Hall–Kier alpha value is -3.39. The highest BCUT2D eigenvalue weighted by atomic mass is 16.5. The molecule has 0 unspecified atom stereocenters. The molecule has 27 heavy (non-hydrogen) atoms. The first-order chi connectivity index (χ1) is 12.9. The number of hydrogen-bond acceptors (Lipinski definition) is 6. The Morgan fingerprint density at radius 1 is 1.22 bits per heavy atom. The number of nitrogens with one attached hydrogen (secondary N) is 1. The maximum absolute atomic E-state index is 12.6. The minimum absolute atomic E-state index is 0.0546. The molecule has 8 heteroatoms. The first-order valence-electron chi connectivity index (χ1n) is 8.21. The number of carboxylic acids is 1. The van der Waals surface area contributed by atoms with Crippen LogP contribution in [0.1, 0.15) is 5.56 Å². The summed E-state index contributed by atoms with van der Waals surface area (Å²) in [6.45, 7) is -0.365. The van der Waals surface area contributed by atoms with Gasteiger partial charge in [0.1, 0.15) is 17.1 Å². The number of aromatic hydroxyl groups is 1. The number of carbonyl (C=O) groups is 1. The van der Waals surface area contributed by atoms with Crippen LogP contribution < -0.4 is 15.6 Å². The molecule has 8 nitrogen and oxygen atoms in total. The van der Waals surface area contributed by atoms with E-state index in [1.165, 1.54) is 4.57 Å². The summed E-state index contributed by atoms with van der Waals surface area (Å²) in [5.41, 5.74) is 1.50. The van der Waals surface area contributed by atoms with Crippen molar-refractivity contribution in [1.29, 1.82) is 0 Å². The van der Waals surface area contributed by atoms with Crippen LogP contribution in [0.15, 0.2) is 41.2 Å². The number of aliphatic carboxylic acids is 1. The fourth-order valence-corrected chi connectivity index (χ4v) is 2.83. The number of aryl methyl sites for hydroxylation is 1. The van der Waals surface area contributed by atoms with E-state index < -0.39 is 11.5 Å². The number of pyridine rings is 2. The van der Waals surface area contributed by atoms with E-state index in [4.69, 9.17) is 9.84 Å². The van der Waals surface area contributed by atoms with Crippen LogP contribution in [-0.4, -0.2) is 39.4 Å². The smallest absolute Gasteiger partial charge is 0.317 e. The lowest BCUT2D eigenvalue weighted by atomic mass is 10.1. The lowest BCUT2D eigenvalue weighted by Crippen LogP contribution is -2.29. The van der Waals surface area contributed by atoms with Gasteiger partial charge in [-0.3, -0.25) is 14.2 Å². The van der Waals surface area contributed by atoms with Gasteiger partial charge in [-0.1, -0.05) is 0 Å². The zero-order valence-corrected chi connectivity index (χ0v) is 14.9. The molecule has 0 spiro atoms. The summed E-state index contributed by atoms with van der Waals surface area (Å²) in [6, 6.07) is 10.8. The molecule has 0 saturated heterocycles. The van der Waals surface area contributed by atoms with Crippen LogP contribution >= 0.6 is 0 Å². The molecule has 0 amide bonds. The zero-order valence-electron chi connectivity index (χ0n) is 14.9. The summed E-state index contributed by atoms with van der Waals surface area (Å²) in [5, 5.41) is 22.2. The van der Waals surface area contributed by atoms with Crippen molar-refractivity contribution >= 4 is 17.0 Å². The largest absolute Gasteiger partial charge is 0.507 e. The fraction of sp³-hybridized carbons (Fsp3) is 0.211. The van der Waals surface area contributed by atoms with Crippen LogP contribution in [0, 0.1) is 0 Å². The van der Waals surface area contributed by atoms with E-state index in [9.17, 15) is 14.7 Å². The average Bonchev–Trinajstić information content (AvgIpc) is 2.68. The number of nitrogens with zero attached hydrogens (tertiary/aromatic N) is 2. The van der Waals surface area contributed by atoms with Crippen LogP contribution in [0.4, 0.5) is 0 Å². The Balaban J connectivity index is 2.05. The third kappa shape index (κ3) is 3.61. The van der Waals surface area contributed by atoms with Gasteiger partial charge in [-0.25, -0.2) is 4.98 Å². The normalized spacial score (nSPS) is 10.9. The third-order valence-electron chi connectivity index (χ3n) is 4.26. The van der Waals surface area contributed by atoms with Gasteiger partial charge in [0.2, 0.25) is 0 Å². The van der Waals surface area contributed by atoms with Crippen LogP contribution in [-0.2, 0) is 18.4 Å². The zero-order chi connectivity index (χ0) is 19.6. The Labute approximate surface area is 154 Å². The minimum atomic E-state index is -1.04. The highest BCUT2D eigenvalue weighted by Gasteiger charge is 2.16. The lowest BCUT2D eigenvalue weighted by molar-refractivity contribution is -0.136. The molecule has 0 aliphatic carbocycles. The lowest BCUT2D eigenvalue weighted by Gasteiger charge is -2.12. The molecule has 2 aromatic heterocycles. The Morgan fingerprint density at radius 3 is 2.56 bits per heavy atom. The molecule has 0 radical (unpaired) electrons. The van der Waals surface area contributed by atoms with Crippen molar-refractivity contribution < 1.29 is 19.7 Å². The predicted molar refractivity (Wildman–Crippen MR) is 100.0 cm³/mol. The number of aromatic nitrogens is 2. The fourth-order valence-electron chi connectivity index (χ4n) is 2.83. The first-order valence-corrected chi connectivity index (χ1v) is 8.21. The molecule has 0 atom stereocenters. The number of ether oxygens (including phenoxy) is 1. The summed E-state index contributed by atoms with van der Waals surface area (Å²) < 4.78 is 6.49. The number of carboxylic acid groups (broad SMARTS) is 1. The Kier molecular flexibility index (Phi) is 5.09. The Morgan fingerprint density at radius 2 is 1.93 bits per heavy atom. The first kappa shape index (κ1) is 18.4. The van der Waals surface area contributed by atoms with Gasteiger partial charge in [0, 0.05) is 19.2 Å². The van der Waals surface area contributed by atoms with E-state index in [-0.39, 0.29) is 24.4 Å². The van der Waals surface area contributed by atoms with Crippen molar-refractivity contribution in [2.45, 2.75) is 6.54 Å². The van der Waals surface area contributed by atoms with Gasteiger partial charge >= 0.3 is 5.97 Å². The molecule has 0 fully saturated rings. The molecule has 2 heterocycles. The van der Waals surface area contributed by atoms with Gasteiger partial charge in [0.05, 0.1) is 30.3 Å². The van der Waals surface area contributed by atoms with Crippen molar-refractivity contribution in [3.05, 3.63) is 52.3 Å². The summed E-state index contributed by atoms with van der Waals surface area (Å²) in [7, 11) is 3.15. The Bertz CT molecular complexity index is 1060. The molecule has 1 aromatic carbocycles. The molecule has 0 bridgehead atoms. The summed E-state index contributed by atoms with van der Waals surface area (Å²) in [4.78, 5) is 27.7. The predicted octanol–water partition coefficient (Wildman–Crippen LogP) is 1.49. The van der Waals surface area contributed by atoms with Gasteiger partial charge in [-0.2, -0.15) is 0 Å². The summed E-state index contributed by atoms with van der Waals surface area (Å²) >= 11 is 0. The standard InChI is InChI=1S/C19H19N3O5/c1-22-18-13(17(25)14(19(22)26)9-20-10-16(23)24)7-8-15(21-18)11-3-5-12(27-2)6-4-11/h3-8,20,25H,9-10H2,1-2H3,(H,23,24). The second kappa shape index (κ2) is 7.46. The van der Waals surface area contributed by atoms with E-state index in [0.29, 0.717) is 16.7 Å². The number of rotatable bonds is 6. The topological polar surface area (TPSA) is 114 Å². The van der Waals surface area contributed by atoms with Crippen molar-refractivity contribution in [3.63, 3.8) is 0 Å². The molecule has 3 rings (SSSR count). The highest BCUT2D eigenvalue weighted by molar-refractivity contribution is 5.85. The quantitative estimate of drug-likeness (QED) is 0.603. The van der Waals surface area contributed by atoms with E-state index >= 15 is 0 Å². The van der Waals surface area contributed by atoms with Gasteiger partial charge < -0.3 is 20.3 Å². The van der Waals surface area contributed by atoms with E-state index in [2.05, 4.69) is 10.3 Å². The van der Waals surface area contributed by atoms with Gasteiger partial charge in [-0.05, 0) is 36.4 Å². The second-order valence-electron chi connectivity index (χ2n) is 5.98. The maximum Gasteiger partial charge on any atom is 0.317 e. The maximum atomic E-state index is 12.6. The van der Waals surface area contributed by atoms with Gasteiger partial charge in [0.25, 0.3) is 5.56 Å². The van der Waals surface area contributed by atoms with Crippen LogP contribution in [0.25, 0.3) is 22.3 Å². The van der Waals surface area contributed by atoms with E-state index in [1.54, 1.807) is 26.3 Å². The number of benzene rings is 1. The molecule has 0 aliphatic heterocycles. The van der Waals surface area contributed by atoms with Gasteiger partial charge in [-0.15, -0.1) is 0 Å². The molecule has 140 valence electrons. The summed E-state index contributed by atoms with van der Waals surface area (Å²) in [6.07, 6.45) is 0. The SMILES string of the molecule is COc1ccc(-c2ccc3c(O)c(CNCC(=O)O)c(=O)n(C)c3n2)cc1. The molecule has 3 N–H and O–H groups in total.